The van der Waals surface area contributed by atoms with Crippen LogP contribution in [0.25, 0.3) is 0 Å². The number of rotatable bonds is 9. The van der Waals surface area contributed by atoms with E-state index in [9.17, 15) is 13.2 Å². The number of sulfonamides is 1. The predicted molar refractivity (Wildman–Crippen MR) is 101 cm³/mol. The molecule has 1 heterocycles. The molecule has 0 aliphatic carbocycles. The van der Waals surface area contributed by atoms with E-state index in [1.165, 1.54) is 24.3 Å². The number of hydrogen-bond acceptors (Lipinski definition) is 5. The molecule has 0 bridgehead atoms. The van der Waals surface area contributed by atoms with Gasteiger partial charge in [0.05, 0.1) is 4.90 Å². The van der Waals surface area contributed by atoms with Crippen LogP contribution in [0.3, 0.4) is 0 Å². The molecule has 136 valence electrons. The van der Waals surface area contributed by atoms with E-state index in [0.717, 1.165) is 4.88 Å². The first-order valence-corrected chi connectivity index (χ1v) is 10.4. The van der Waals surface area contributed by atoms with Gasteiger partial charge in [-0.05, 0) is 56.1 Å². The fourth-order valence-corrected chi connectivity index (χ4v) is 3.82. The van der Waals surface area contributed by atoms with E-state index in [4.69, 9.17) is 0 Å². The lowest BCUT2D eigenvalue weighted by Crippen LogP contribution is -2.37. The van der Waals surface area contributed by atoms with Gasteiger partial charge in [-0.25, -0.2) is 13.1 Å². The number of carbonyl (C=O) groups is 1. The molecular formula is C17H23N3O3S2. The Kier molecular flexibility index (Phi) is 7.12. The highest BCUT2D eigenvalue weighted by atomic mass is 32.2. The van der Waals surface area contributed by atoms with Gasteiger partial charge in [0.25, 0.3) is 5.91 Å². The number of thiophene rings is 1. The number of likely N-dealkylation sites (N-methyl/N-ethyl adjacent to an activating group) is 1. The van der Waals surface area contributed by atoms with Crippen LogP contribution in [-0.2, 0) is 16.4 Å². The average molecular weight is 382 g/mol. The molecular weight excluding hydrogens is 358 g/mol. The lowest BCUT2D eigenvalue weighted by molar-refractivity contribution is 0.0950. The van der Waals surface area contributed by atoms with Gasteiger partial charge in [0, 0.05) is 29.6 Å². The quantitative estimate of drug-likeness (QED) is 0.616. The van der Waals surface area contributed by atoms with E-state index in [-0.39, 0.29) is 16.8 Å². The van der Waals surface area contributed by atoms with Crippen LogP contribution < -0.4 is 15.4 Å². The summed E-state index contributed by atoms with van der Waals surface area (Å²) in [7, 11) is -1.75. The molecule has 25 heavy (non-hydrogen) atoms. The molecule has 3 N–H and O–H groups in total. The van der Waals surface area contributed by atoms with Crippen molar-refractivity contribution in [1.82, 2.24) is 15.4 Å². The van der Waals surface area contributed by atoms with Crippen LogP contribution >= 0.6 is 11.3 Å². The molecule has 1 atom stereocenters. The van der Waals surface area contributed by atoms with Crippen molar-refractivity contribution in [1.29, 1.82) is 0 Å². The van der Waals surface area contributed by atoms with Gasteiger partial charge < -0.3 is 10.6 Å². The number of carbonyl (C=O) groups excluding carboxylic acids is 1. The number of amides is 1. The molecule has 0 radical (unpaired) electrons. The minimum Gasteiger partial charge on any atom is -0.350 e. The van der Waals surface area contributed by atoms with Gasteiger partial charge >= 0.3 is 0 Å². The Morgan fingerprint density at radius 2 is 1.92 bits per heavy atom. The molecule has 0 aliphatic heterocycles. The second-order valence-electron chi connectivity index (χ2n) is 5.65. The van der Waals surface area contributed by atoms with Crippen molar-refractivity contribution in [3.8, 4) is 0 Å². The first-order valence-electron chi connectivity index (χ1n) is 8.00. The van der Waals surface area contributed by atoms with Gasteiger partial charge in [0.15, 0.2) is 0 Å². The normalized spacial score (nSPS) is 12.7. The van der Waals surface area contributed by atoms with E-state index >= 15 is 0 Å². The maximum atomic E-state index is 12.3. The number of hydrogen-bond donors (Lipinski definition) is 3. The molecule has 0 aliphatic rings. The van der Waals surface area contributed by atoms with E-state index in [1.807, 2.05) is 31.5 Å². The number of nitrogens with one attached hydrogen (secondary N) is 3. The first kappa shape index (κ1) is 19.6. The predicted octanol–water partition coefficient (Wildman–Crippen LogP) is 1.61. The van der Waals surface area contributed by atoms with Crippen LogP contribution in [0, 0.1) is 0 Å². The van der Waals surface area contributed by atoms with Gasteiger partial charge in [0.1, 0.15) is 0 Å². The fourth-order valence-electron chi connectivity index (χ4n) is 2.08. The monoisotopic (exact) mass is 381 g/mol. The Morgan fingerprint density at radius 1 is 1.20 bits per heavy atom. The zero-order valence-corrected chi connectivity index (χ0v) is 15.9. The standard InChI is InChI=1S/C17H23N3O3S2/c1-13(18-2)12-19-17(21)14-5-7-16(8-6-14)25(22,23)20-10-9-15-4-3-11-24-15/h3-8,11,13,18,20H,9-10,12H2,1-2H3,(H,19,21). The van der Waals surface area contributed by atoms with Crippen molar-refractivity contribution < 1.29 is 13.2 Å². The third-order valence-electron chi connectivity index (χ3n) is 3.73. The summed E-state index contributed by atoms with van der Waals surface area (Å²) in [6.07, 6.45) is 0.654. The molecule has 0 fully saturated rings. The largest absolute Gasteiger partial charge is 0.350 e. The Labute approximate surface area is 152 Å². The molecule has 0 saturated carbocycles. The number of benzene rings is 1. The minimum atomic E-state index is -3.57. The maximum Gasteiger partial charge on any atom is 0.251 e. The molecule has 2 rings (SSSR count). The Balaban J connectivity index is 1.92. The summed E-state index contributed by atoms with van der Waals surface area (Å²) in [6.45, 7) is 2.80. The van der Waals surface area contributed by atoms with Gasteiger partial charge in [-0.2, -0.15) is 0 Å². The second-order valence-corrected chi connectivity index (χ2v) is 8.45. The highest BCUT2D eigenvalue weighted by Gasteiger charge is 2.15. The Hall–Kier alpha value is -1.74. The van der Waals surface area contributed by atoms with Crippen molar-refractivity contribution in [3.05, 3.63) is 52.2 Å². The topological polar surface area (TPSA) is 87.3 Å². The summed E-state index contributed by atoms with van der Waals surface area (Å²) in [5.41, 5.74) is 0.431. The first-order chi connectivity index (χ1) is 11.9. The molecule has 0 spiro atoms. The zero-order chi connectivity index (χ0) is 18.3. The van der Waals surface area contributed by atoms with E-state index < -0.39 is 10.0 Å². The van der Waals surface area contributed by atoms with Crippen LogP contribution in [0.1, 0.15) is 22.2 Å². The summed E-state index contributed by atoms with van der Waals surface area (Å²) in [4.78, 5) is 13.3. The fraction of sp³-hybridized carbons (Fsp3) is 0.353. The summed E-state index contributed by atoms with van der Waals surface area (Å²) < 4.78 is 27.1. The second kappa shape index (κ2) is 9.10. The van der Waals surface area contributed by atoms with Crippen LogP contribution in [0.5, 0.6) is 0 Å². The summed E-state index contributed by atoms with van der Waals surface area (Å²) in [5, 5.41) is 7.78. The molecule has 1 aromatic heterocycles. The lowest BCUT2D eigenvalue weighted by Gasteiger charge is -2.11. The lowest BCUT2D eigenvalue weighted by atomic mass is 10.2. The van der Waals surface area contributed by atoms with E-state index in [2.05, 4.69) is 15.4 Å². The Bertz CT molecular complexity index is 772. The van der Waals surface area contributed by atoms with Gasteiger partial charge in [-0.1, -0.05) is 6.07 Å². The third kappa shape index (κ3) is 5.93. The van der Waals surface area contributed by atoms with Gasteiger partial charge in [0.2, 0.25) is 10.0 Å². The summed E-state index contributed by atoms with van der Waals surface area (Å²) >= 11 is 1.60. The van der Waals surface area contributed by atoms with Gasteiger partial charge in [-0.3, -0.25) is 4.79 Å². The summed E-state index contributed by atoms with van der Waals surface area (Å²) in [6, 6.07) is 10.0. The van der Waals surface area contributed by atoms with Crippen LogP contribution in [0.4, 0.5) is 0 Å². The molecule has 1 aromatic carbocycles. The van der Waals surface area contributed by atoms with Crippen molar-refractivity contribution in [2.24, 2.45) is 0 Å². The summed E-state index contributed by atoms with van der Waals surface area (Å²) in [5.74, 6) is -0.225. The zero-order valence-electron chi connectivity index (χ0n) is 14.3. The van der Waals surface area contributed by atoms with Crippen LogP contribution in [0.2, 0.25) is 0 Å². The van der Waals surface area contributed by atoms with E-state index in [0.29, 0.717) is 25.1 Å². The highest BCUT2D eigenvalue weighted by Crippen LogP contribution is 2.12. The Morgan fingerprint density at radius 3 is 2.52 bits per heavy atom. The maximum absolute atomic E-state index is 12.3. The molecule has 6 nitrogen and oxygen atoms in total. The van der Waals surface area contributed by atoms with Gasteiger partial charge in [-0.15, -0.1) is 11.3 Å². The van der Waals surface area contributed by atoms with Crippen LogP contribution in [-0.4, -0.2) is 40.5 Å². The molecule has 0 saturated heterocycles. The minimum absolute atomic E-state index is 0.152. The highest BCUT2D eigenvalue weighted by molar-refractivity contribution is 7.89. The van der Waals surface area contributed by atoms with Crippen LogP contribution in [0.15, 0.2) is 46.7 Å². The van der Waals surface area contributed by atoms with Crippen molar-refractivity contribution >= 4 is 27.3 Å². The van der Waals surface area contributed by atoms with Crippen molar-refractivity contribution in [2.75, 3.05) is 20.1 Å². The average Bonchev–Trinajstić information content (AvgIpc) is 3.12. The molecule has 8 heteroatoms. The molecule has 2 aromatic rings. The van der Waals surface area contributed by atoms with Crippen molar-refractivity contribution in [2.45, 2.75) is 24.3 Å². The van der Waals surface area contributed by atoms with E-state index in [1.54, 1.807) is 11.3 Å². The third-order valence-corrected chi connectivity index (χ3v) is 6.15. The SMILES string of the molecule is CNC(C)CNC(=O)c1ccc(S(=O)(=O)NCCc2cccs2)cc1. The van der Waals surface area contributed by atoms with Crippen molar-refractivity contribution in [3.63, 3.8) is 0 Å². The smallest absolute Gasteiger partial charge is 0.251 e. The molecule has 1 unspecified atom stereocenters. The molecule has 1 amide bonds.